The van der Waals surface area contributed by atoms with Crippen LogP contribution in [-0.4, -0.2) is 0 Å². The predicted octanol–water partition coefficient (Wildman–Crippen LogP) is 2.75. The van der Waals surface area contributed by atoms with Crippen LogP contribution in [0.2, 0.25) is 0 Å². The maximum Gasteiger partial charge on any atom is 0.0352 e. The summed E-state index contributed by atoms with van der Waals surface area (Å²) in [7, 11) is 0. The van der Waals surface area contributed by atoms with Crippen LogP contribution in [0.4, 0.5) is 11.4 Å². The van der Waals surface area contributed by atoms with Crippen molar-refractivity contribution in [3.63, 3.8) is 0 Å². The number of rotatable bonds is 2. The molecule has 0 aromatic heterocycles. The molecule has 0 aliphatic carbocycles. The summed E-state index contributed by atoms with van der Waals surface area (Å²) in [6.07, 6.45) is 0.854. The molecule has 0 fully saturated rings. The van der Waals surface area contributed by atoms with Crippen molar-refractivity contribution in [1.82, 2.24) is 0 Å². The lowest BCUT2D eigenvalue weighted by molar-refractivity contribution is 1.19. The second-order valence-electron chi connectivity index (χ2n) is 4.12. The average Bonchev–Trinajstić information content (AvgIpc) is 2.25. The highest BCUT2D eigenvalue weighted by Gasteiger charge is 2.00. The third kappa shape index (κ3) is 2.34. The van der Waals surface area contributed by atoms with E-state index in [1.165, 1.54) is 11.1 Å². The van der Waals surface area contributed by atoms with E-state index in [1.807, 2.05) is 37.3 Å². The van der Waals surface area contributed by atoms with Crippen molar-refractivity contribution in [2.45, 2.75) is 13.3 Å². The van der Waals surface area contributed by atoms with Crippen LogP contribution in [-0.2, 0) is 6.42 Å². The summed E-state index contributed by atoms with van der Waals surface area (Å²) >= 11 is 0. The highest BCUT2D eigenvalue weighted by atomic mass is 14.6. The lowest BCUT2D eigenvalue weighted by atomic mass is 10.0. The lowest BCUT2D eigenvalue weighted by Gasteiger charge is -2.07. The summed E-state index contributed by atoms with van der Waals surface area (Å²) in [5.41, 5.74) is 16.9. The Hall–Kier alpha value is -1.96. The third-order valence-electron chi connectivity index (χ3n) is 2.68. The normalized spacial score (nSPS) is 10.3. The van der Waals surface area contributed by atoms with Crippen LogP contribution in [0.5, 0.6) is 0 Å². The van der Waals surface area contributed by atoms with E-state index in [-0.39, 0.29) is 0 Å². The maximum absolute atomic E-state index is 5.97. The van der Waals surface area contributed by atoms with Gasteiger partial charge in [0.15, 0.2) is 0 Å². The molecular formula is C14H16N2. The molecule has 4 N–H and O–H groups in total. The standard InChI is InChI=1S/C14H16N2/c1-10-2-5-12(14(16)8-10)9-11-3-6-13(15)7-4-11/h2-8H,9,15-16H2,1H3. The molecule has 82 valence electrons. The fourth-order valence-corrected chi connectivity index (χ4v) is 1.73. The van der Waals surface area contributed by atoms with Crippen molar-refractivity contribution in [2.24, 2.45) is 0 Å². The largest absolute Gasteiger partial charge is 0.399 e. The molecule has 0 saturated carbocycles. The molecule has 2 rings (SSSR count). The first-order chi connectivity index (χ1) is 7.65. The second kappa shape index (κ2) is 4.27. The number of hydrogen-bond acceptors (Lipinski definition) is 2. The molecule has 0 amide bonds. The van der Waals surface area contributed by atoms with Gasteiger partial charge in [-0.1, -0.05) is 24.3 Å². The minimum Gasteiger partial charge on any atom is -0.399 e. The Balaban J connectivity index is 2.23. The summed E-state index contributed by atoms with van der Waals surface area (Å²) in [5.74, 6) is 0. The van der Waals surface area contributed by atoms with Gasteiger partial charge >= 0.3 is 0 Å². The van der Waals surface area contributed by atoms with Gasteiger partial charge in [0, 0.05) is 11.4 Å². The Morgan fingerprint density at radius 3 is 2.25 bits per heavy atom. The van der Waals surface area contributed by atoms with Crippen LogP contribution in [0.25, 0.3) is 0 Å². The molecule has 0 radical (unpaired) electrons. The molecule has 2 aromatic rings. The minimum atomic E-state index is 0.792. The van der Waals surface area contributed by atoms with Gasteiger partial charge < -0.3 is 11.5 Å². The van der Waals surface area contributed by atoms with Crippen LogP contribution in [0, 0.1) is 6.92 Å². The van der Waals surface area contributed by atoms with E-state index in [9.17, 15) is 0 Å². The van der Waals surface area contributed by atoms with E-state index >= 15 is 0 Å². The van der Waals surface area contributed by atoms with E-state index in [2.05, 4.69) is 12.1 Å². The Morgan fingerprint density at radius 1 is 0.938 bits per heavy atom. The summed E-state index contributed by atoms with van der Waals surface area (Å²) in [4.78, 5) is 0. The number of nitrogens with two attached hydrogens (primary N) is 2. The van der Waals surface area contributed by atoms with E-state index in [0.29, 0.717) is 0 Å². The highest BCUT2D eigenvalue weighted by Crippen LogP contribution is 2.18. The first-order valence-corrected chi connectivity index (χ1v) is 5.34. The molecule has 0 aliphatic heterocycles. The summed E-state index contributed by atoms with van der Waals surface area (Å²) in [6, 6.07) is 14.1. The molecule has 0 bridgehead atoms. The number of hydrogen-bond donors (Lipinski definition) is 2. The quantitative estimate of drug-likeness (QED) is 0.752. The smallest absolute Gasteiger partial charge is 0.0352 e. The fraction of sp³-hybridized carbons (Fsp3) is 0.143. The van der Waals surface area contributed by atoms with Gasteiger partial charge in [-0.15, -0.1) is 0 Å². The lowest BCUT2D eigenvalue weighted by Crippen LogP contribution is -1.96. The van der Waals surface area contributed by atoms with Crippen molar-refractivity contribution in [3.8, 4) is 0 Å². The van der Waals surface area contributed by atoms with Crippen molar-refractivity contribution in [3.05, 3.63) is 59.2 Å². The predicted molar refractivity (Wildman–Crippen MR) is 69.3 cm³/mol. The molecule has 2 aromatic carbocycles. The summed E-state index contributed by atoms with van der Waals surface area (Å²) in [6.45, 7) is 2.04. The molecule has 2 nitrogen and oxygen atoms in total. The van der Waals surface area contributed by atoms with E-state index in [1.54, 1.807) is 0 Å². The Kier molecular flexibility index (Phi) is 2.82. The number of anilines is 2. The Bertz CT molecular complexity index is 487. The molecule has 0 heterocycles. The van der Waals surface area contributed by atoms with Gasteiger partial charge in [-0.3, -0.25) is 0 Å². The number of benzene rings is 2. The molecule has 0 unspecified atom stereocenters. The molecular weight excluding hydrogens is 196 g/mol. The van der Waals surface area contributed by atoms with Crippen LogP contribution in [0.3, 0.4) is 0 Å². The van der Waals surface area contributed by atoms with E-state index in [0.717, 1.165) is 23.4 Å². The zero-order valence-corrected chi connectivity index (χ0v) is 9.40. The van der Waals surface area contributed by atoms with Gasteiger partial charge in [0.1, 0.15) is 0 Å². The first-order valence-electron chi connectivity index (χ1n) is 5.34. The van der Waals surface area contributed by atoms with Crippen molar-refractivity contribution < 1.29 is 0 Å². The van der Waals surface area contributed by atoms with E-state index in [4.69, 9.17) is 11.5 Å². The van der Waals surface area contributed by atoms with Crippen LogP contribution >= 0.6 is 0 Å². The minimum absolute atomic E-state index is 0.792. The molecule has 16 heavy (non-hydrogen) atoms. The highest BCUT2D eigenvalue weighted by molar-refractivity contribution is 5.51. The monoisotopic (exact) mass is 212 g/mol. The van der Waals surface area contributed by atoms with Crippen molar-refractivity contribution in [2.75, 3.05) is 11.5 Å². The molecule has 2 heteroatoms. The Labute approximate surface area is 95.9 Å². The molecule has 0 saturated heterocycles. The average molecular weight is 212 g/mol. The van der Waals surface area contributed by atoms with Crippen molar-refractivity contribution >= 4 is 11.4 Å². The second-order valence-corrected chi connectivity index (χ2v) is 4.12. The van der Waals surface area contributed by atoms with Crippen LogP contribution < -0.4 is 11.5 Å². The zero-order chi connectivity index (χ0) is 11.5. The fourth-order valence-electron chi connectivity index (χ4n) is 1.73. The van der Waals surface area contributed by atoms with Gasteiger partial charge in [-0.05, 0) is 48.2 Å². The van der Waals surface area contributed by atoms with Gasteiger partial charge in [0.2, 0.25) is 0 Å². The first kappa shape index (κ1) is 10.6. The van der Waals surface area contributed by atoms with Gasteiger partial charge in [-0.2, -0.15) is 0 Å². The van der Waals surface area contributed by atoms with Crippen LogP contribution in [0.1, 0.15) is 16.7 Å². The maximum atomic E-state index is 5.97. The summed E-state index contributed by atoms with van der Waals surface area (Å²) < 4.78 is 0. The molecule has 0 aliphatic rings. The van der Waals surface area contributed by atoms with Gasteiger partial charge in [0.25, 0.3) is 0 Å². The van der Waals surface area contributed by atoms with E-state index < -0.39 is 0 Å². The topological polar surface area (TPSA) is 52.0 Å². The number of aryl methyl sites for hydroxylation is 1. The zero-order valence-electron chi connectivity index (χ0n) is 9.40. The summed E-state index contributed by atoms with van der Waals surface area (Å²) in [5, 5.41) is 0. The SMILES string of the molecule is Cc1ccc(Cc2ccc(N)cc2)c(N)c1. The number of nitrogen functional groups attached to an aromatic ring is 2. The van der Waals surface area contributed by atoms with Gasteiger partial charge in [-0.25, -0.2) is 0 Å². The van der Waals surface area contributed by atoms with Gasteiger partial charge in [0.05, 0.1) is 0 Å². The Morgan fingerprint density at radius 2 is 1.62 bits per heavy atom. The van der Waals surface area contributed by atoms with Crippen LogP contribution in [0.15, 0.2) is 42.5 Å². The third-order valence-corrected chi connectivity index (χ3v) is 2.68. The van der Waals surface area contributed by atoms with Crippen molar-refractivity contribution in [1.29, 1.82) is 0 Å². The molecule has 0 atom stereocenters. The molecule has 0 spiro atoms.